The third-order valence-corrected chi connectivity index (χ3v) is 10.9. The van der Waals surface area contributed by atoms with Crippen molar-refractivity contribution >= 4 is 0 Å². The minimum Gasteiger partial charge on any atom is -0.374 e. The molecule has 0 bridgehead atoms. The lowest BCUT2D eigenvalue weighted by Crippen LogP contribution is -2.65. The molecule has 310 valence electrons. The normalized spacial score (nSPS) is 26.5. The number of ether oxygens (including phenoxy) is 10. The van der Waals surface area contributed by atoms with Gasteiger partial charge in [-0.25, -0.2) is 0 Å². The summed E-state index contributed by atoms with van der Waals surface area (Å²) >= 11 is 0. The zero-order valence-electron chi connectivity index (χ0n) is 33.5. The standard InChI is InChI=1S/C49H54O10/c1-50-48-46(45(54-32-39-23-13-5-14-24-39)44-42(56-48)33-55-47(58-44)40-25-15-6-16-26-40)57-43-27-41(53-31-38-21-11-4-12-22-38)28-49(59-43,34-51-29-36-17-7-2-8-18-36)35-52-30-37-19-9-3-10-20-37/h2-26,41-48H,27-35H2,1H3/t41?,42-,43-,44?,45?,46?,47-,48+/m1/s1. The van der Waals surface area contributed by atoms with Crippen LogP contribution in [0.4, 0.5) is 0 Å². The minimum absolute atomic E-state index is 0.244. The number of rotatable bonds is 18. The quantitative estimate of drug-likeness (QED) is 0.0862. The van der Waals surface area contributed by atoms with Gasteiger partial charge in [0.25, 0.3) is 0 Å². The van der Waals surface area contributed by atoms with Crippen molar-refractivity contribution in [3.05, 3.63) is 179 Å². The molecule has 0 saturated carbocycles. The Hall–Kier alpha value is -4.30. The van der Waals surface area contributed by atoms with Crippen molar-refractivity contribution in [3.63, 3.8) is 0 Å². The van der Waals surface area contributed by atoms with E-state index in [1.54, 1.807) is 7.11 Å². The molecule has 5 aromatic rings. The Morgan fingerprint density at radius 3 is 1.63 bits per heavy atom. The van der Waals surface area contributed by atoms with E-state index in [1.165, 1.54) is 0 Å². The predicted molar refractivity (Wildman–Crippen MR) is 220 cm³/mol. The van der Waals surface area contributed by atoms with E-state index in [-0.39, 0.29) is 25.9 Å². The molecule has 5 aromatic carbocycles. The SMILES string of the molecule is CO[C@H]1O[C@@H]2CO[C@@H](c3ccccc3)OC2C(OCc2ccccc2)C1O[C@H]1CC(OCc2ccccc2)CC(COCc2ccccc2)(COCc2ccccc2)O1. The highest BCUT2D eigenvalue weighted by Crippen LogP contribution is 2.40. The smallest absolute Gasteiger partial charge is 0.186 e. The maximum Gasteiger partial charge on any atom is 0.186 e. The van der Waals surface area contributed by atoms with Gasteiger partial charge in [0, 0.05) is 25.5 Å². The van der Waals surface area contributed by atoms with Crippen molar-refractivity contribution in [1.29, 1.82) is 0 Å². The van der Waals surface area contributed by atoms with Crippen molar-refractivity contribution in [2.45, 2.75) is 94.3 Å². The molecule has 0 amide bonds. The Bertz CT molecular complexity index is 1890. The highest BCUT2D eigenvalue weighted by molar-refractivity contribution is 5.18. The average molecular weight is 803 g/mol. The molecule has 59 heavy (non-hydrogen) atoms. The van der Waals surface area contributed by atoms with Crippen molar-refractivity contribution in [1.82, 2.24) is 0 Å². The first-order chi connectivity index (χ1) is 29.1. The van der Waals surface area contributed by atoms with E-state index in [2.05, 4.69) is 36.4 Å². The van der Waals surface area contributed by atoms with Crippen LogP contribution in [0.2, 0.25) is 0 Å². The van der Waals surface area contributed by atoms with Gasteiger partial charge in [0.2, 0.25) is 0 Å². The van der Waals surface area contributed by atoms with Gasteiger partial charge in [-0.05, 0) is 22.3 Å². The van der Waals surface area contributed by atoms with E-state index in [1.807, 2.05) is 115 Å². The van der Waals surface area contributed by atoms with Crippen LogP contribution >= 0.6 is 0 Å². The lowest BCUT2D eigenvalue weighted by Gasteiger charge is -2.50. The first-order valence-corrected chi connectivity index (χ1v) is 20.5. The molecule has 0 aliphatic carbocycles. The molecule has 0 spiro atoms. The lowest BCUT2D eigenvalue weighted by atomic mass is 9.92. The van der Waals surface area contributed by atoms with E-state index in [0.717, 1.165) is 27.8 Å². The lowest BCUT2D eigenvalue weighted by molar-refractivity contribution is -0.391. The summed E-state index contributed by atoms with van der Waals surface area (Å²) < 4.78 is 66.1. The van der Waals surface area contributed by atoms with Crippen molar-refractivity contribution in [2.75, 3.05) is 26.9 Å². The molecule has 0 aromatic heterocycles. The minimum atomic E-state index is -0.928. The Morgan fingerprint density at radius 2 is 1.08 bits per heavy atom. The molecule has 10 heteroatoms. The number of methoxy groups -OCH3 is 1. The molecular weight excluding hydrogens is 749 g/mol. The Kier molecular flexibility index (Phi) is 14.6. The van der Waals surface area contributed by atoms with Crippen LogP contribution in [-0.4, -0.2) is 75.6 Å². The maximum atomic E-state index is 7.08. The first kappa shape index (κ1) is 41.4. The summed E-state index contributed by atoms with van der Waals surface area (Å²) in [6.07, 6.45) is -3.90. The third kappa shape index (κ3) is 11.3. The zero-order chi connectivity index (χ0) is 40.1. The van der Waals surface area contributed by atoms with Crippen LogP contribution in [0.5, 0.6) is 0 Å². The molecule has 0 N–H and O–H groups in total. The molecule has 8 rings (SSSR count). The van der Waals surface area contributed by atoms with Gasteiger partial charge in [-0.3, -0.25) is 0 Å². The highest BCUT2D eigenvalue weighted by Gasteiger charge is 2.54. The molecule has 10 nitrogen and oxygen atoms in total. The van der Waals surface area contributed by atoms with Crippen molar-refractivity contribution in [2.24, 2.45) is 0 Å². The zero-order valence-corrected chi connectivity index (χ0v) is 33.5. The van der Waals surface area contributed by atoms with Crippen molar-refractivity contribution < 1.29 is 47.4 Å². The first-order valence-electron chi connectivity index (χ1n) is 20.5. The molecule has 3 aliphatic rings. The second-order valence-electron chi connectivity index (χ2n) is 15.4. The molecule has 3 aliphatic heterocycles. The summed E-state index contributed by atoms with van der Waals surface area (Å²) in [7, 11) is 1.61. The number of hydrogen-bond donors (Lipinski definition) is 0. The van der Waals surface area contributed by atoms with Gasteiger partial charge >= 0.3 is 0 Å². The van der Waals surface area contributed by atoms with Gasteiger partial charge in [-0.1, -0.05) is 152 Å². The topological polar surface area (TPSA) is 92.3 Å². The van der Waals surface area contributed by atoms with E-state index < -0.39 is 48.9 Å². The van der Waals surface area contributed by atoms with Crippen LogP contribution in [0.25, 0.3) is 0 Å². The molecule has 3 fully saturated rings. The summed E-state index contributed by atoms with van der Waals surface area (Å²) in [5.41, 5.74) is 4.20. The summed E-state index contributed by atoms with van der Waals surface area (Å²) in [6, 6.07) is 50.4. The van der Waals surface area contributed by atoms with Gasteiger partial charge in [0.15, 0.2) is 18.9 Å². The predicted octanol–water partition coefficient (Wildman–Crippen LogP) is 8.34. The van der Waals surface area contributed by atoms with E-state index in [4.69, 9.17) is 47.4 Å². The number of benzene rings is 5. The second kappa shape index (κ2) is 20.8. The van der Waals surface area contributed by atoms with Crippen LogP contribution in [-0.2, 0) is 73.8 Å². The molecule has 3 saturated heterocycles. The Balaban J connectivity index is 1.08. The van der Waals surface area contributed by atoms with Gasteiger partial charge < -0.3 is 47.4 Å². The van der Waals surface area contributed by atoms with Crippen LogP contribution in [0.3, 0.4) is 0 Å². The molecule has 3 heterocycles. The molecular formula is C49H54O10. The van der Waals surface area contributed by atoms with Crippen LogP contribution in [0.1, 0.15) is 46.9 Å². The number of fused-ring (bicyclic) bond motifs is 1. The summed E-state index contributed by atoms with van der Waals surface area (Å²) in [5, 5.41) is 0. The average Bonchev–Trinajstić information content (AvgIpc) is 3.29. The molecule has 4 unspecified atom stereocenters. The monoisotopic (exact) mass is 802 g/mol. The van der Waals surface area contributed by atoms with E-state index >= 15 is 0 Å². The fraction of sp³-hybridized carbons (Fsp3) is 0.388. The fourth-order valence-corrected chi connectivity index (χ4v) is 7.96. The Labute approximate surface area is 347 Å². The summed E-state index contributed by atoms with van der Waals surface area (Å²) in [6.45, 7) is 2.35. The summed E-state index contributed by atoms with van der Waals surface area (Å²) in [5.74, 6) is 0. The molecule has 0 radical (unpaired) electrons. The van der Waals surface area contributed by atoms with Crippen LogP contribution < -0.4 is 0 Å². The van der Waals surface area contributed by atoms with Gasteiger partial charge in [0.1, 0.15) is 30.0 Å². The van der Waals surface area contributed by atoms with E-state index in [9.17, 15) is 0 Å². The molecule has 8 atom stereocenters. The van der Waals surface area contributed by atoms with Gasteiger partial charge in [-0.2, -0.15) is 0 Å². The van der Waals surface area contributed by atoms with Gasteiger partial charge in [0.05, 0.1) is 52.4 Å². The van der Waals surface area contributed by atoms with Crippen LogP contribution in [0, 0.1) is 0 Å². The van der Waals surface area contributed by atoms with Gasteiger partial charge in [-0.15, -0.1) is 0 Å². The summed E-state index contributed by atoms with van der Waals surface area (Å²) in [4.78, 5) is 0. The fourth-order valence-electron chi connectivity index (χ4n) is 7.96. The third-order valence-electron chi connectivity index (χ3n) is 10.9. The maximum absolute atomic E-state index is 7.08. The largest absolute Gasteiger partial charge is 0.374 e. The van der Waals surface area contributed by atoms with Crippen LogP contribution in [0.15, 0.2) is 152 Å². The Morgan fingerprint density at radius 1 is 0.576 bits per heavy atom. The number of hydrogen-bond acceptors (Lipinski definition) is 10. The van der Waals surface area contributed by atoms with Crippen molar-refractivity contribution in [3.8, 4) is 0 Å². The second-order valence-corrected chi connectivity index (χ2v) is 15.4. The van der Waals surface area contributed by atoms with E-state index in [0.29, 0.717) is 39.3 Å². The highest BCUT2D eigenvalue weighted by atomic mass is 16.8.